The minimum absolute atomic E-state index is 0.00860. The number of halogens is 1. The molecule has 3 rings (SSSR count). The Hall–Kier alpha value is -3.07. The van der Waals surface area contributed by atoms with Crippen LogP contribution in [0.4, 0.5) is 4.39 Å². The Bertz CT molecular complexity index is 1130. The van der Waals surface area contributed by atoms with Gasteiger partial charge in [-0.1, -0.05) is 12.1 Å². The highest BCUT2D eigenvalue weighted by Crippen LogP contribution is 2.29. The average molecular weight is 378 g/mol. The molecular formula is C17H15FN4O3S. The van der Waals surface area contributed by atoms with Crippen molar-refractivity contribution >= 4 is 10.0 Å². The SMILES string of the molecule is [2H][13C]([2H])([2H])N(Cc1cc(-c2ccccc2F)n(S(=O)(=O)c2cccnc2)c1)N=O. The van der Waals surface area contributed by atoms with E-state index in [9.17, 15) is 17.7 Å². The van der Waals surface area contributed by atoms with Crippen LogP contribution in [0.2, 0.25) is 0 Å². The van der Waals surface area contributed by atoms with E-state index >= 15 is 0 Å². The van der Waals surface area contributed by atoms with Crippen LogP contribution < -0.4 is 0 Å². The molecule has 0 saturated carbocycles. The maximum absolute atomic E-state index is 14.4. The summed E-state index contributed by atoms with van der Waals surface area (Å²) in [5.74, 6) is -0.666. The van der Waals surface area contributed by atoms with Crippen LogP contribution in [0.25, 0.3) is 11.3 Å². The number of benzene rings is 1. The first kappa shape index (κ1) is 14.1. The van der Waals surface area contributed by atoms with Gasteiger partial charge < -0.3 is 0 Å². The first-order chi connectivity index (χ1) is 13.6. The van der Waals surface area contributed by atoms with Crippen LogP contribution >= 0.6 is 0 Å². The summed E-state index contributed by atoms with van der Waals surface area (Å²) in [5.41, 5.74) is 0.107. The van der Waals surface area contributed by atoms with Crippen molar-refractivity contribution in [1.29, 1.82) is 0 Å². The van der Waals surface area contributed by atoms with Crippen LogP contribution in [-0.2, 0) is 16.6 Å². The molecule has 9 heteroatoms. The number of hydrogen-bond donors (Lipinski definition) is 0. The van der Waals surface area contributed by atoms with Gasteiger partial charge in [0.1, 0.15) is 10.7 Å². The lowest BCUT2D eigenvalue weighted by atomic mass is 10.1. The van der Waals surface area contributed by atoms with Crippen molar-refractivity contribution in [3.63, 3.8) is 0 Å². The van der Waals surface area contributed by atoms with Gasteiger partial charge >= 0.3 is 0 Å². The van der Waals surface area contributed by atoms with Crippen LogP contribution in [0.1, 0.15) is 9.68 Å². The smallest absolute Gasteiger partial charge is 0.263 e. The van der Waals surface area contributed by atoms with Crippen LogP contribution in [0.15, 0.2) is 71.2 Å². The lowest BCUT2D eigenvalue weighted by molar-refractivity contribution is 0.342. The molecule has 2 heterocycles. The van der Waals surface area contributed by atoms with E-state index in [4.69, 9.17) is 4.11 Å². The molecule has 0 aliphatic carbocycles. The lowest BCUT2D eigenvalue weighted by Crippen LogP contribution is -2.14. The highest BCUT2D eigenvalue weighted by molar-refractivity contribution is 7.90. The zero-order valence-corrected chi connectivity index (χ0v) is 14.1. The normalized spacial score (nSPS) is 13.5. The fourth-order valence-corrected chi connectivity index (χ4v) is 3.82. The third-order valence-corrected chi connectivity index (χ3v) is 5.27. The van der Waals surface area contributed by atoms with E-state index in [0.29, 0.717) is 5.01 Å². The number of pyridine rings is 1. The largest absolute Gasteiger partial charge is 0.269 e. The van der Waals surface area contributed by atoms with Crippen molar-refractivity contribution in [2.24, 2.45) is 5.29 Å². The molecule has 0 fully saturated rings. The van der Waals surface area contributed by atoms with Crippen LogP contribution in [-0.4, -0.2) is 29.4 Å². The zero-order valence-electron chi connectivity index (χ0n) is 16.3. The molecular weight excluding hydrogens is 360 g/mol. The van der Waals surface area contributed by atoms with Gasteiger partial charge in [-0.05, 0) is 35.9 Å². The fraction of sp³-hybridized carbons (Fsp3) is 0.118. The third kappa shape index (κ3) is 3.33. The highest BCUT2D eigenvalue weighted by Gasteiger charge is 2.23. The number of hydrogen-bond acceptors (Lipinski definition) is 5. The molecule has 0 N–H and O–H groups in total. The van der Waals surface area contributed by atoms with Gasteiger partial charge in [0.25, 0.3) is 10.0 Å². The summed E-state index contributed by atoms with van der Waals surface area (Å²) in [6, 6.07) is 9.62. The van der Waals surface area contributed by atoms with Gasteiger partial charge in [0.05, 0.1) is 17.5 Å². The molecule has 2 aromatic heterocycles. The molecule has 1 aromatic carbocycles. The average Bonchev–Trinajstić information content (AvgIpc) is 3.11. The monoisotopic (exact) mass is 378 g/mol. The molecule has 0 radical (unpaired) electrons. The summed E-state index contributed by atoms with van der Waals surface area (Å²) in [4.78, 5) is 14.6. The molecule has 0 aliphatic rings. The Morgan fingerprint density at radius 1 is 1.31 bits per heavy atom. The van der Waals surface area contributed by atoms with E-state index in [2.05, 4.69) is 10.3 Å². The second-order valence-electron chi connectivity index (χ2n) is 5.34. The first-order valence-electron chi connectivity index (χ1n) is 8.87. The Morgan fingerprint density at radius 2 is 2.12 bits per heavy atom. The van der Waals surface area contributed by atoms with Gasteiger partial charge in [-0.3, -0.25) is 9.99 Å². The molecule has 7 nitrogen and oxygen atoms in total. The fourth-order valence-electron chi connectivity index (χ4n) is 2.46. The molecule has 3 aromatic rings. The van der Waals surface area contributed by atoms with Gasteiger partial charge in [0.15, 0.2) is 0 Å². The van der Waals surface area contributed by atoms with Gasteiger partial charge in [0, 0.05) is 35.2 Å². The number of rotatable bonds is 6. The molecule has 0 unspecified atom stereocenters. The molecule has 0 saturated heterocycles. The predicted molar refractivity (Wildman–Crippen MR) is 93.9 cm³/mol. The lowest BCUT2D eigenvalue weighted by Gasteiger charge is -2.11. The quantitative estimate of drug-likeness (QED) is 0.374. The number of nitroso groups, excluding NO2 is 1. The molecule has 0 atom stereocenters. The minimum atomic E-state index is -4.17. The number of nitrogens with zero attached hydrogens (tertiary/aromatic N) is 4. The van der Waals surface area contributed by atoms with Crippen molar-refractivity contribution in [2.45, 2.75) is 11.4 Å². The van der Waals surface area contributed by atoms with E-state index < -0.39 is 29.4 Å². The summed E-state index contributed by atoms with van der Waals surface area (Å²) in [5, 5.41) is 2.78. The summed E-state index contributed by atoms with van der Waals surface area (Å²) in [7, 11) is -4.17. The number of aromatic nitrogens is 2. The Labute approximate surface area is 153 Å². The topological polar surface area (TPSA) is 84.6 Å². The van der Waals surface area contributed by atoms with Crippen LogP contribution in [0, 0.1) is 10.7 Å². The Balaban J connectivity index is 2.18. The molecule has 0 bridgehead atoms. The Morgan fingerprint density at radius 3 is 2.77 bits per heavy atom. The van der Waals surface area contributed by atoms with Crippen molar-refractivity contribution in [2.75, 3.05) is 6.98 Å². The molecule has 0 spiro atoms. The third-order valence-electron chi connectivity index (χ3n) is 3.61. The standard InChI is InChI=1S/C17H15FN4O3S/c1-21(20-23)11-13-9-17(15-6-2-3-7-16(15)18)22(12-13)26(24,25)14-5-4-8-19-10-14/h2-10,12H,11H2,1H3/i1+1D3. The minimum Gasteiger partial charge on any atom is -0.263 e. The second kappa shape index (κ2) is 7.04. The van der Waals surface area contributed by atoms with Crippen molar-refractivity contribution in [3.8, 4) is 11.3 Å². The molecule has 0 aliphatic heterocycles. The summed E-state index contributed by atoms with van der Waals surface area (Å²) >= 11 is 0. The van der Waals surface area contributed by atoms with Gasteiger partial charge in [-0.2, -0.15) is 0 Å². The van der Waals surface area contributed by atoms with E-state index in [-0.39, 0.29) is 21.7 Å². The van der Waals surface area contributed by atoms with Crippen molar-refractivity contribution < 1.29 is 16.9 Å². The zero-order chi connectivity index (χ0) is 21.2. The highest BCUT2D eigenvalue weighted by atomic mass is 32.2. The molecule has 134 valence electrons. The summed E-state index contributed by atoms with van der Waals surface area (Å²) < 4.78 is 63.4. The van der Waals surface area contributed by atoms with Crippen LogP contribution in [0.5, 0.6) is 0 Å². The van der Waals surface area contributed by atoms with E-state index in [0.717, 1.165) is 16.4 Å². The molecule has 26 heavy (non-hydrogen) atoms. The van der Waals surface area contributed by atoms with Gasteiger partial charge in [-0.15, -0.1) is 4.91 Å². The maximum Gasteiger partial charge on any atom is 0.269 e. The van der Waals surface area contributed by atoms with E-state index in [1.165, 1.54) is 48.7 Å². The molecule has 0 amide bonds. The van der Waals surface area contributed by atoms with Crippen molar-refractivity contribution in [3.05, 3.63) is 77.3 Å². The van der Waals surface area contributed by atoms with E-state index in [1.807, 2.05) is 0 Å². The predicted octanol–water partition coefficient (Wildman–Crippen LogP) is 3.04. The van der Waals surface area contributed by atoms with E-state index in [1.54, 1.807) is 0 Å². The second-order valence-corrected chi connectivity index (χ2v) is 7.16. The van der Waals surface area contributed by atoms with Gasteiger partial charge in [-0.25, -0.2) is 16.8 Å². The van der Waals surface area contributed by atoms with Gasteiger partial charge in [0.2, 0.25) is 0 Å². The Kier molecular flexibility index (Phi) is 3.83. The summed E-state index contributed by atoms with van der Waals surface area (Å²) in [6.07, 6.45) is 3.68. The van der Waals surface area contributed by atoms with Crippen LogP contribution in [0.3, 0.4) is 0 Å². The van der Waals surface area contributed by atoms with Crippen molar-refractivity contribution in [1.82, 2.24) is 14.0 Å². The first-order valence-corrected chi connectivity index (χ1v) is 8.81. The summed E-state index contributed by atoms with van der Waals surface area (Å²) in [6.45, 7) is -3.30. The maximum atomic E-state index is 14.4.